The second-order valence-corrected chi connectivity index (χ2v) is 15.0. The number of aromatic nitrogens is 1. The van der Waals surface area contributed by atoms with Gasteiger partial charge in [0.2, 0.25) is 11.8 Å². The second-order valence-electron chi connectivity index (χ2n) is 15.0. The number of aromatic hydroxyl groups is 1. The Kier molecular flexibility index (Phi) is 10.2. The van der Waals surface area contributed by atoms with E-state index >= 15 is 0 Å². The first-order valence-electron chi connectivity index (χ1n) is 19.4. The monoisotopic (exact) mass is 724 g/mol. The van der Waals surface area contributed by atoms with Gasteiger partial charge in [0, 0.05) is 44.3 Å². The fourth-order valence-corrected chi connectivity index (χ4v) is 8.61. The van der Waals surface area contributed by atoms with Crippen molar-refractivity contribution < 1.29 is 19.5 Å². The summed E-state index contributed by atoms with van der Waals surface area (Å²) in [6.07, 6.45) is 4.80. The molecule has 4 aliphatic rings. The number of phenolic OH excluding ortho intramolecular Hbond substituents is 1. The number of pyridine rings is 1. The minimum atomic E-state index is -0.631. The molecule has 0 bridgehead atoms. The van der Waals surface area contributed by atoms with Crippen LogP contribution >= 0.6 is 0 Å². The summed E-state index contributed by atoms with van der Waals surface area (Å²) in [6.45, 7) is 7.32. The highest BCUT2D eigenvalue weighted by molar-refractivity contribution is 6.05. The lowest BCUT2D eigenvalue weighted by molar-refractivity contribution is -0.136. The van der Waals surface area contributed by atoms with Crippen LogP contribution < -0.4 is 20.4 Å². The number of hydrogen-bond acceptors (Lipinski definition) is 8. The van der Waals surface area contributed by atoms with Crippen LogP contribution in [0.2, 0.25) is 0 Å². The van der Waals surface area contributed by atoms with Crippen LogP contribution in [0.5, 0.6) is 5.75 Å². The van der Waals surface area contributed by atoms with Gasteiger partial charge in [-0.25, -0.2) is 4.98 Å². The van der Waals surface area contributed by atoms with Gasteiger partial charge < -0.3 is 25.1 Å². The molecule has 3 saturated heterocycles. The number of imide groups is 1. The van der Waals surface area contributed by atoms with E-state index in [2.05, 4.69) is 82.0 Å². The normalized spacial score (nSPS) is 21.0. The van der Waals surface area contributed by atoms with Crippen LogP contribution in [0.25, 0.3) is 11.1 Å². The minimum absolute atomic E-state index is 0.191. The number of piperidine rings is 2. The molecule has 1 aromatic heterocycles. The molecule has 2 unspecified atom stereocenters. The molecular formula is C44H48N6O4. The van der Waals surface area contributed by atoms with E-state index in [9.17, 15) is 19.5 Å². The Hall–Kier alpha value is -5.48. The van der Waals surface area contributed by atoms with Crippen molar-refractivity contribution in [3.8, 4) is 5.75 Å². The van der Waals surface area contributed by atoms with Gasteiger partial charge in [-0.05, 0) is 109 Å². The standard InChI is InChI=1S/C44H48N6O4/c1-2-36(30-6-4-3-5-7-30)42(32-10-14-35(51)15-11-32)31-8-12-34(13-9-31)48-23-20-29(21-24-48)26-45-33-22-25-49(27-33)40-18-16-37-38(46-40)28-50(44(37)54)39-17-19-41(52)47-43(39)53/h3-16,18,29,33,39,45,51H,2,17,19-28H2,1H3,(H,47,52,53). The van der Waals surface area contributed by atoms with Crippen molar-refractivity contribution in [1.29, 1.82) is 0 Å². The Balaban J connectivity index is 0.846. The van der Waals surface area contributed by atoms with Crippen molar-refractivity contribution in [2.75, 3.05) is 42.5 Å². The van der Waals surface area contributed by atoms with Crippen LogP contribution in [0.15, 0.2) is 91.0 Å². The maximum Gasteiger partial charge on any atom is 0.256 e. The van der Waals surface area contributed by atoms with Crippen LogP contribution in [0.3, 0.4) is 0 Å². The van der Waals surface area contributed by atoms with Crippen LogP contribution in [-0.2, 0) is 16.1 Å². The Morgan fingerprint density at radius 2 is 1.52 bits per heavy atom. The molecular weight excluding hydrogens is 677 g/mol. The van der Waals surface area contributed by atoms with Crippen molar-refractivity contribution in [3.63, 3.8) is 0 Å². The van der Waals surface area contributed by atoms with E-state index in [1.54, 1.807) is 17.0 Å². The van der Waals surface area contributed by atoms with Crippen LogP contribution in [0.1, 0.15) is 78.2 Å². The molecule has 3 fully saturated rings. The molecule has 4 aromatic rings. The molecule has 54 heavy (non-hydrogen) atoms. The largest absolute Gasteiger partial charge is 0.508 e. The van der Waals surface area contributed by atoms with Gasteiger partial charge in [-0.1, -0.05) is 61.5 Å². The molecule has 3 amide bonds. The number of nitrogens with one attached hydrogen (secondary N) is 2. The van der Waals surface area contributed by atoms with Crippen molar-refractivity contribution >= 4 is 40.4 Å². The topological polar surface area (TPSA) is 118 Å². The van der Waals surface area contributed by atoms with E-state index in [-0.39, 0.29) is 24.0 Å². The summed E-state index contributed by atoms with van der Waals surface area (Å²) in [5.41, 5.74) is 8.46. The van der Waals surface area contributed by atoms with Crippen molar-refractivity contribution in [1.82, 2.24) is 20.5 Å². The van der Waals surface area contributed by atoms with E-state index in [0.717, 1.165) is 69.8 Å². The Bertz CT molecular complexity index is 2040. The van der Waals surface area contributed by atoms with E-state index in [4.69, 9.17) is 4.98 Å². The number of fused-ring (bicyclic) bond motifs is 1. The molecule has 0 radical (unpaired) electrons. The van der Waals surface area contributed by atoms with Crippen molar-refractivity contribution in [2.45, 2.75) is 64.1 Å². The Morgan fingerprint density at radius 3 is 2.22 bits per heavy atom. The van der Waals surface area contributed by atoms with Crippen molar-refractivity contribution in [3.05, 3.63) is 119 Å². The highest BCUT2D eigenvalue weighted by Crippen LogP contribution is 2.36. The highest BCUT2D eigenvalue weighted by atomic mass is 16.3. The maximum atomic E-state index is 13.1. The highest BCUT2D eigenvalue weighted by Gasteiger charge is 2.40. The number of carbonyl (C=O) groups is 3. The number of carbonyl (C=O) groups excluding carboxylic acids is 3. The molecule has 2 atom stereocenters. The molecule has 3 aromatic carbocycles. The third-order valence-electron chi connectivity index (χ3n) is 11.6. The number of amides is 3. The smallest absolute Gasteiger partial charge is 0.256 e. The lowest BCUT2D eigenvalue weighted by Crippen LogP contribution is -2.52. The summed E-state index contributed by atoms with van der Waals surface area (Å²) in [5.74, 6) is 0.880. The first-order valence-corrected chi connectivity index (χ1v) is 19.4. The Labute approximate surface area is 316 Å². The van der Waals surface area contributed by atoms with E-state index < -0.39 is 11.9 Å². The van der Waals surface area contributed by atoms with Gasteiger partial charge in [-0.3, -0.25) is 19.7 Å². The molecule has 10 nitrogen and oxygen atoms in total. The quantitative estimate of drug-likeness (QED) is 0.135. The summed E-state index contributed by atoms with van der Waals surface area (Å²) in [6, 6.07) is 30.6. The van der Waals surface area contributed by atoms with Crippen LogP contribution in [-0.4, -0.2) is 77.5 Å². The van der Waals surface area contributed by atoms with Crippen molar-refractivity contribution in [2.24, 2.45) is 5.92 Å². The number of benzene rings is 3. The molecule has 8 rings (SSSR count). The molecule has 0 aliphatic carbocycles. The molecule has 0 spiro atoms. The average molecular weight is 725 g/mol. The first kappa shape index (κ1) is 35.5. The zero-order valence-corrected chi connectivity index (χ0v) is 30.8. The Morgan fingerprint density at radius 1 is 0.815 bits per heavy atom. The third kappa shape index (κ3) is 7.35. The zero-order chi connectivity index (χ0) is 37.2. The number of nitrogens with zero attached hydrogens (tertiary/aromatic N) is 4. The summed E-state index contributed by atoms with van der Waals surface area (Å²) < 4.78 is 0. The van der Waals surface area contributed by atoms with E-state index in [1.807, 2.05) is 24.3 Å². The molecule has 4 aliphatic heterocycles. The van der Waals surface area contributed by atoms with Gasteiger partial charge in [-0.15, -0.1) is 0 Å². The first-order chi connectivity index (χ1) is 26.3. The fraction of sp³-hybridized carbons (Fsp3) is 0.364. The summed E-state index contributed by atoms with van der Waals surface area (Å²) in [5, 5.41) is 16.2. The maximum absolute atomic E-state index is 13.1. The summed E-state index contributed by atoms with van der Waals surface area (Å²) >= 11 is 0. The van der Waals surface area contributed by atoms with Crippen LogP contribution in [0, 0.1) is 5.92 Å². The average Bonchev–Trinajstić information content (AvgIpc) is 3.81. The summed E-state index contributed by atoms with van der Waals surface area (Å²) in [7, 11) is 0. The van der Waals surface area contributed by atoms with Gasteiger partial charge in [0.15, 0.2) is 0 Å². The SMILES string of the molecule is CCC(=C(c1ccc(O)cc1)c1ccc(N2CCC(CNC3CCN(c4ccc5c(n4)CN(C4CCC(=O)NC4=O)C5=O)C3)CC2)cc1)c1ccccc1. The second kappa shape index (κ2) is 15.5. The molecule has 0 saturated carbocycles. The lowest BCUT2D eigenvalue weighted by Gasteiger charge is -2.34. The van der Waals surface area contributed by atoms with Gasteiger partial charge in [0.25, 0.3) is 5.91 Å². The van der Waals surface area contributed by atoms with E-state index in [1.165, 1.54) is 28.0 Å². The number of rotatable bonds is 10. The zero-order valence-electron chi connectivity index (χ0n) is 30.8. The molecule has 278 valence electrons. The predicted octanol–water partition coefficient (Wildman–Crippen LogP) is 6.00. The number of allylic oxidation sites excluding steroid dienone is 1. The van der Waals surface area contributed by atoms with Gasteiger partial charge >= 0.3 is 0 Å². The number of phenols is 1. The predicted molar refractivity (Wildman–Crippen MR) is 211 cm³/mol. The molecule has 10 heteroatoms. The summed E-state index contributed by atoms with van der Waals surface area (Å²) in [4.78, 5) is 48.4. The fourth-order valence-electron chi connectivity index (χ4n) is 8.61. The van der Waals surface area contributed by atoms with Gasteiger partial charge in [-0.2, -0.15) is 0 Å². The lowest BCUT2D eigenvalue weighted by atomic mass is 9.88. The van der Waals surface area contributed by atoms with Crippen LogP contribution in [0.4, 0.5) is 11.5 Å². The molecule has 3 N–H and O–H groups in total. The molecule has 5 heterocycles. The number of anilines is 2. The third-order valence-corrected chi connectivity index (χ3v) is 11.6. The van der Waals surface area contributed by atoms with E-state index in [0.29, 0.717) is 36.2 Å². The van der Waals surface area contributed by atoms with Gasteiger partial charge in [0.05, 0.1) is 17.8 Å². The van der Waals surface area contributed by atoms with Gasteiger partial charge in [0.1, 0.15) is 17.6 Å². The number of hydrogen-bond donors (Lipinski definition) is 3. The minimum Gasteiger partial charge on any atom is -0.508 e.